The molecule has 0 radical (unpaired) electrons. The first kappa shape index (κ1) is 16.3. The lowest BCUT2D eigenvalue weighted by Crippen LogP contribution is -2.38. The summed E-state index contributed by atoms with van der Waals surface area (Å²) < 4.78 is 5.70. The van der Waals surface area contributed by atoms with Gasteiger partial charge in [-0.05, 0) is 68.7 Å². The van der Waals surface area contributed by atoms with E-state index in [9.17, 15) is 0 Å². The Morgan fingerprint density at radius 3 is 2.26 bits per heavy atom. The van der Waals surface area contributed by atoms with Gasteiger partial charge >= 0.3 is 0 Å². The zero-order valence-corrected chi connectivity index (χ0v) is 14.4. The van der Waals surface area contributed by atoms with Gasteiger partial charge in [-0.1, -0.05) is 23.7 Å². The fourth-order valence-corrected chi connectivity index (χ4v) is 2.96. The van der Waals surface area contributed by atoms with Crippen LogP contribution in [-0.4, -0.2) is 18.4 Å². The Morgan fingerprint density at radius 1 is 1.09 bits per heavy atom. The number of anilines is 2. The van der Waals surface area contributed by atoms with E-state index in [1.165, 1.54) is 5.56 Å². The molecular formula is C19H23ClN2O. The molecule has 1 aliphatic heterocycles. The van der Waals surface area contributed by atoms with Crippen molar-refractivity contribution in [2.75, 3.05) is 11.9 Å². The van der Waals surface area contributed by atoms with Crippen LogP contribution in [0.3, 0.4) is 0 Å². The third kappa shape index (κ3) is 4.71. The summed E-state index contributed by atoms with van der Waals surface area (Å²) in [5.74, 6) is 0. The predicted molar refractivity (Wildman–Crippen MR) is 96.5 cm³/mol. The maximum absolute atomic E-state index is 5.90. The van der Waals surface area contributed by atoms with E-state index in [4.69, 9.17) is 16.3 Å². The topological polar surface area (TPSA) is 33.3 Å². The second-order valence-corrected chi connectivity index (χ2v) is 6.97. The van der Waals surface area contributed by atoms with E-state index in [0.717, 1.165) is 35.8 Å². The third-order valence-electron chi connectivity index (χ3n) is 4.07. The first-order valence-electron chi connectivity index (χ1n) is 8.03. The van der Waals surface area contributed by atoms with Gasteiger partial charge < -0.3 is 10.1 Å². The number of hydrogen-bond acceptors (Lipinski definition) is 3. The molecule has 0 aliphatic carbocycles. The van der Waals surface area contributed by atoms with Gasteiger partial charge in [-0.15, -0.1) is 0 Å². The zero-order chi connectivity index (χ0) is 16.3. The molecule has 0 amide bonds. The number of ether oxygens (including phenoxy) is 1. The Balaban J connectivity index is 1.52. The maximum Gasteiger partial charge on any atom is 0.113 e. The average molecular weight is 331 g/mol. The Labute approximate surface area is 143 Å². The number of rotatable bonds is 5. The van der Waals surface area contributed by atoms with Crippen LogP contribution in [0, 0.1) is 0 Å². The van der Waals surface area contributed by atoms with E-state index >= 15 is 0 Å². The van der Waals surface area contributed by atoms with Crippen LogP contribution in [0.2, 0.25) is 5.02 Å². The van der Waals surface area contributed by atoms with E-state index in [1.807, 2.05) is 24.3 Å². The van der Waals surface area contributed by atoms with E-state index < -0.39 is 0 Å². The van der Waals surface area contributed by atoms with E-state index in [2.05, 4.69) is 48.7 Å². The zero-order valence-electron chi connectivity index (χ0n) is 13.6. The van der Waals surface area contributed by atoms with Crippen LogP contribution in [0.25, 0.3) is 0 Å². The van der Waals surface area contributed by atoms with Crippen molar-refractivity contribution < 1.29 is 4.74 Å². The molecular weight excluding hydrogens is 308 g/mol. The summed E-state index contributed by atoms with van der Waals surface area (Å²) in [6.45, 7) is 4.94. The highest BCUT2D eigenvalue weighted by Crippen LogP contribution is 2.21. The van der Waals surface area contributed by atoms with Crippen molar-refractivity contribution in [2.24, 2.45) is 0 Å². The highest BCUT2D eigenvalue weighted by Gasteiger charge is 2.30. The average Bonchev–Trinajstić information content (AvgIpc) is 2.88. The Bertz CT molecular complexity index is 637. The Hall–Kier alpha value is -1.55. The highest BCUT2D eigenvalue weighted by molar-refractivity contribution is 6.30. The van der Waals surface area contributed by atoms with Crippen LogP contribution < -0.4 is 10.6 Å². The molecule has 2 N–H and O–H groups in total. The first-order valence-corrected chi connectivity index (χ1v) is 8.41. The number of aryl methyl sites for hydroxylation is 1. The summed E-state index contributed by atoms with van der Waals surface area (Å²) in [7, 11) is 0. The molecule has 1 unspecified atom stereocenters. The molecule has 1 atom stereocenters. The normalized spacial score (nSPS) is 19.7. The smallest absolute Gasteiger partial charge is 0.113 e. The van der Waals surface area contributed by atoms with Crippen molar-refractivity contribution in [3.05, 3.63) is 59.1 Å². The molecule has 3 nitrogen and oxygen atoms in total. The fourth-order valence-electron chi connectivity index (χ4n) is 2.83. The minimum atomic E-state index is -0.184. The molecule has 23 heavy (non-hydrogen) atoms. The quantitative estimate of drug-likeness (QED) is 0.830. The van der Waals surface area contributed by atoms with Crippen LogP contribution >= 0.6 is 11.6 Å². The lowest BCUT2D eigenvalue weighted by molar-refractivity contribution is 0.0231. The molecule has 4 heteroatoms. The minimum Gasteiger partial charge on any atom is -0.360 e. The van der Waals surface area contributed by atoms with Crippen molar-refractivity contribution in [3.8, 4) is 0 Å². The van der Waals surface area contributed by atoms with E-state index in [1.54, 1.807) is 0 Å². The molecule has 122 valence electrons. The van der Waals surface area contributed by atoms with Gasteiger partial charge in [-0.3, -0.25) is 5.32 Å². The van der Waals surface area contributed by atoms with Crippen LogP contribution in [-0.2, 0) is 11.2 Å². The van der Waals surface area contributed by atoms with Crippen molar-refractivity contribution in [1.29, 1.82) is 0 Å². The molecule has 1 aliphatic rings. The predicted octanol–water partition coefficient (Wildman–Crippen LogP) is 4.74. The largest absolute Gasteiger partial charge is 0.360 e. The first-order chi connectivity index (χ1) is 11.0. The molecule has 0 spiro atoms. The molecule has 0 bridgehead atoms. The molecule has 1 fully saturated rings. The standard InChI is InChI=1S/C19H23ClN2O/c1-19(2)22-18(13-23-19)10-5-14-3-8-16(9-4-14)21-17-11-6-15(20)7-12-17/h3-4,6-9,11-12,18,21-22H,5,10,13H2,1-2H3. The summed E-state index contributed by atoms with van der Waals surface area (Å²) >= 11 is 5.90. The number of halogens is 1. The molecule has 0 saturated carbocycles. The van der Waals surface area contributed by atoms with Crippen LogP contribution in [0.4, 0.5) is 11.4 Å². The molecule has 0 aromatic heterocycles. The van der Waals surface area contributed by atoms with Crippen molar-refractivity contribution in [1.82, 2.24) is 5.32 Å². The number of hydrogen-bond donors (Lipinski definition) is 2. The van der Waals surface area contributed by atoms with E-state index in [-0.39, 0.29) is 5.72 Å². The number of nitrogens with one attached hydrogen (secondary N) is 2. The Morgan fingerprint density at radius 2 is 1.70 bits per heavy atom. The van der Waals surface area contributed by atoms with Crippen molar-refractivity contribution in [2.45, 2.75) is 38.5 Å². The van der Waals surface area contributed by atoms with E-state index in [0.29, 0.717) is 6.04 Å². The second-order valence-electron chi connectivity index (χ2n) is 6.53. The minimum absolute atomic E-state index is 0.184. The lowest BCUT2D eigenvalue weighted by atomic mass is 10.1. The van der Waals surface area contributed by atoms with Gasteiger partial charge in [0.1, 0.15) is 5.72 Å². The molecule has 3 rings (SSSR count). The van der Waals surface area contributed by atoms with Crippen molar-refractivity contribution in [3.63, 3.8) is 0 Å². The molecule has 2 aromatic carbocycles. The summed E-state index contributed by atoms with van der Waals surface area (Å²) in [4.78, 5) is 0. The summed E-state index contributed by atoms with van der Waals surface area (Å²) in [6.07, 6.45) is 2.14. The van der Waals surface area contributed by atoms with Crippen molar-refractivity contribution >= 4 is 23.0 Å². The summed E-state index contributed by atoms with van der Waals surface area (Å²) in [5, 5.41) is 7.63. The molecule has 1 saturated heterocycles. The third-order valence-corrected chi connectivity index (χ3v) is 4.32. The summed E-state index contributed by atoms with van der Waals surface area (Å²) in [6, 6.07) is 16.8. The van der Waals surface area contributed by atoms with Gasteiger partial charge in [-0.25, -0.2) is 0 Å². The second kappa shape index (κ2) is 6.91. The van der Waals surface area contributed by atoms with Gasteiger partial charge in [0.15, 0.2) is 0 Å². The highest BCUT2D eigenvalue weighted by atomic mass is 35.5. The molecule has 1 heterocycles. The van der Waals surface area contributed by atoms with Crippen LogP contribution in [0.5, 0.6) is 0 Å². The maximum atomic E-state index is 5.90. The number of benzene rings is 2. The monoisotopic (exact) mass is 330 g/mol. The van der Waals surface area contributed by atoms with Gasteiger partial charge in [-0.2, -0.15) is 0 Å². The fraction of sp³-hybridized carbons (Fsp3) is 0.368. The van der Waals surface area contributed by atoms with Gasteiger partial charge in [0.2, 0.25) is 0 Å². The lowest BCUT2D eigenvalue weighted by Gasteiger charge is -2.18. The van der Waals surface area contributed by atoms with Gasteiger partial charge in [0.05, 0.1) is 6.61 Å². The van der Waals surface area contributed by atoms with Gasteiger partial charge in [0, 0.05) is 22.4 Å². The van der Waals surface area contributed by atoms with Crippen LogP contribution in [0.1, 0.15) is 25.8 Å². The molecule has 2 aromatic rings. The summed E-state index contributed by atoms with van der Waals surface area (Å²) in [5.41, 5.74) is 3.28. The SMILES string of the molecule is CC1(C)NC(CCc2ccc(Nc3ccc(Cl)cc3)cc2)CO1. The van der Waals surface area contributed by atoms with Crippen LogP contribution in [0.15, 0.2) is 48.5 Å². The van der Waals surface area contributed by atoms with Gasteiger partial charge in [0.25, 0.3) is 0 Å². The Kier molecular flexibility index (Phi) is 4.90.